The molecule has 158 valence electrons. The van der Waals surface area contributed by atoms with E-state index < -0.39 is 0 Å². The second-order valence-electron chi connectivity index (χ2n) is 8.11. The normalized spacial score (nSPS) is 20.2. The smallest absolute Gasteiger partial charge is 0.241 e. The zero-order valence-electron chi connectivity index (χ0n) is 17.4. The lowest BCUT2D eigenvalue weighted by atomic mass is 9.85. The van der Waals surface area contributed by atoms with Crippen molar-refractivity contribution in [3.05, 3.63) is 47.8 Å². The highest BCUT2D eigenvalue weighted by atomic mass is 16.5. The Balaban J connectivity index is 1.79. The minimum Gasteiger partial charge on any atom is -0.393 e. The SMILES string of the molecule is COCC(C)Nc1ncc2c(-c3cccc(C=O)c3)cc([C@H]3CC[C@H](O)CC3)n2n1. The zero-order chi connectivity index (χ0) is 21.1. The number of ether oxygens (including phenoxy) is 1. The van der Waals surface area contributed by atoms with Crippen molar-refractivity contribution in [2.75, 3.05) is 19.0 Å². The van der Waals surface area contributed by atoms with Crippen LogP contribution in [-0.4, -0.2) is 51.9 Å². The van der Waals surface area contributed by atoms with E-state index in [0.717, 1.165) is 54.3 Å². The van der Waals surface area contributed by atoms with Crippen LogP contribution in [0, 0.1) is 0 Å². The molecule has 1 atom stereocenters. The molecule has 1 aromatic carbocycles. The molecule has 1 unspecified atom stereocenters. The maximum Gasteiger partial charge on any atom is 0.241 e. The molecule has 0 saturated heterocycles. The van der Waals surface area contributed by atoms with Crippen molar-refractivity contribution >= 4 is 17.8 Å². The van der Waals surface area contributed by atoms with Crippen LogP contribution in [0.2, 0.25) is 0 Å². The fourth-order valence-electron chi connectivity index (χ4n) is 4.27. The molecule has 0 radical (unpaired) electrons. The number of fused-ring (bicyclic) bond motifs is 1. The molecule has 1 aliphatic rings. The van der Waals surface area contributed by atoms with E-state index in [1.807, 2.05) is 35.8 Å². The van der Waals surface area contributed by atoms with E-state index in [4.69, 9.17) is 9.84 Å². The Bertz CT molecular complexity index is 1020. The first-order chi connectivity index (χ1) is 14.6. The number of carbonyl (C=O) groups is 1. The Labute approximate surface area is 176 Å². The van der Waals surface area contributed by atoms with Gasteiger partial charge < -0.3 is 15.2 Å². The number of aliphatic hydroxyl groups excluding tert-OH is 1. The zero-order valence-corrected chi connectivity index (χ0v) is 17.4. The van der Waals surface area contributed by atoms with Gasteiger partial charge in [-0.05, 0) is 50.3 Å². The van der Waals surface area contributed by atoms with Gasteiger partial charge in [0.15, 0.2) is 0 Å². The second-order valence-corrected chi connectivity index (χ2v) is 8.11. The highest BCUT2D eigenvalue weighted by molar-refractivity contribution is 5.85. The summed E-state index contributed by atoms with van der Waals surface area (Å²) < 4.78 is 7.17. The summed E-state index contributed by atoms with van der Waals surface area (Å²) in [5.74, 6) is 0.871. The number of anilines is 1. The van der Waals surface area contributed by atoms with Crippen LogP contribution in [0.25, 0.3) is 16.6 Å². The number of aromatic nitrogens is 3. The number of hydrogen-bond acceptors (Lipinski definition) is 6. The molecule has 2 aromatic heterocycles. The Morgan fingerprint density at radius 3 is 2.83 bits per heavy atom. The fraction of sp³-hybridized carbons (Fsp3) is 0.435. The lowest BCUT2D eigenvalue weighted by Crippen LogP contribution is -2.23. The molecule has 2 N–H and O–H groups in total. The monoisotopic (exact) mass is 408 g/mol. The fourth-order valence-corrected chi connectivity index (χ4v) is 4.27. The highest BCUT2D eigenvalue weighted by Gasteiger charge is 2.25. The van der Waals surface area contributed by atoms with Crippen LogP contribution in [0.4, 0.5) is 5.95 Å². The third-order valence-electron chi connectivity index (χ3n) is 5.79. The summed E-state index contributed by atoms with van der Waals surface area (Å²) >= 11 is 0. The van der Waals surface area contributed by atoms with E-state index in [0.29, 0.717) is 24.0 Å². The predicted molar refractivity (Wildman–Crippen MR) is 116 cm³/mol. The predicted octanol–water partition coefficient (Wildman–Crippen LogP) is 3.67. The highest BCUT2D eigenvalue weighted by Crippen LogP contribution is 2.37. The average Bonchev–Trinajstić information content (AvgIpc) is 3.13. The van der Waals surface area contributed by atoms with Crippen LogP contribution in [0.1, 0.15) is 54.6 Å². The number of aliphatic hydroxyl groups is 1. The Morgan fingerprint density at radius 1 is 1.30 bits per heavy atom. The van der Waals surface area contributed by atoms with Crippen LogP contribution in [0.3, 0.4) is 0 Å². The van der Waals surface area contributed by atoms with Gasteiger partial charge in [0.2, 0.25) is 5.95 Å². The standard InChI is InChI=1S/C23H28N4O3/c1-15(14-30-2)25-23-24-12-22-20(18-5-3-4-16(10-18)13-28)11-21(27(22)26-23)17-6-8-19(29)9-7-17/h3-5,10-13,15,17,19,29H,6-9,14H2,1-2H3,(H,25,26)/t15?,17-,19-. The summed E-state index contributed by atoms with van der Waals surface area (Å²) in [6, 6.07) is 9.84. The first-order valence-electron chi connectivity index (χ1n) is 10.5. The van der Waals surface area contributed by atoms with Gasteiger partial charge in [-0.25, -0.2) is 9.50 Å². The van der Waals surface area contributed by atoms with Gasteiger partial charge in [-0.1, -0.05) is 18.2 Å². The number of nitrogens with one attached hydrogen (secondary N) is 1. The Morgan fingerprint density at radius 2 is 2.10 bits per heavy atom. The molecule has 1 saturated carbocycles. The Hall–Kier alpha value is -2.77. The van der Waals surface area contributed by atoms with Crippen LogP contribution < -0.4 is 5.32 Å². The largest absolute Gasteiger partial charge is 0.393 e. The van der Waals surface area contributed by atoms with E-state index in [2.05, 4.69) is 16.4 Å². The number of nitrogens with zero attached hydrogens (tertiary/aromatic N) is 3. The van der Waals surface area contributed by atoms with Crippen molar-refractivity contribution < 1.29 is 14.6 Å². The van der Waals surface area contributed by atoms with Crippen LogP contribution >= 0.6 is 0 Å². The number of methoxy groups -OCH3 is 1. The second kappa shape index (κ2) is 8.93. The molecule has 0 spiro atoms. The van der Waals surface area contributed by atoms with Gasteiger partial charge in [-0.15, -0.1) is 5.10 Å². The van der Waals surface area contributed by atoms with Crippen LogP contribution in [-0.2, 0) is 4.74 Å². The molecular weight excluding hydrogens is 380 g/mol. The molecule has 3 aromatic rings. The lowest BCUT2D eigenvalue weighted by Gasteiger charge is -2.25. The third-order valence-corrected chi connectivity index (χ3v) is 5.79. The molecule has 0 amide bonds. The van der Waals surface area contributed by atoms with Gasteiger partial charge in [0.05, 0.1) is 24.4 Å². The van der Waals surface area contributed by atoms with Crippen molar-refractivity contribution in [3.8, 4) is 11.1 Å². The molecule has 2 heterocycles. The molecule has 7 heteroatoms. The summed E-state index contributed by atoms with van der Waals surface area (Å²) in [5, 5.41) is 18.0. The summed E-state index contributed by atoms with van der Waals surface area (Å²) in [6.45, 7) is 2.58. The summed E-state index contributed by atoms with van der Waals surface area (Å²) in [6.07, 6.45) is 5.93. The maximum absolute atomic E-state index is 11.3. The summed E-state index contributed by atoms with van der Waals surface area (Å²) in [7, 11) is 1.67. The topological polar surface area (TPSA) is 88.8 Å². The van der Waals surface area contributed by atoms with Gasteiger partial charge in [0.25, 0.3) is 0 Å². The van der Waals surface area contributed by atoms with Gasteiger partial charge in [-0.3, -0.25) is 4.79 Å². The number of rotatable bonds is 7. The summed E-state index contributed by atoms with van der Waals surface area (Å²) in [4.78, 5) is 15.8. The number of hydrogen-bond donors (Lipinski definition) is 2. The van der Waals surface area contributed by atoms with Gasteiger partial charge in [0.1, 0.15) is 6.29 Å². The maximum atomic E-state index is 11.3. The van der Waals surface area contributed by atoms with Gasteiger partial charge >= 0.3 is 0 Å². The van der Waals surface area contributed by atoms with Crippen molar-refractivity contribution in [1.82, 2.24) is 14.6 Å². The minimum absolute atomic E-state index is 0.0834. The quantitative estimate of drug-likeness (QED) is 0.580. The van der Waals surface area contributed by atoms with Crippen molar-refractivity contribution in [1.29, 1.82) is 0 Å². The molecule has 7 nitrogen and oxygen atoms in total. The van der Waals surface area contributed by atoms with E-state index >= 15 is 0 Å². The molecule has 0 bridgehead atoms. The number of benzene rings is 1. The minimum atomic E-state index is -0.210. The number of aldehydes is 1. The van der Waals surface area contributed by atoms with E-state index in [9.17, 15) is 9.90 Å². The van der Waals surface area contributed by atoms with Crippen LogP contribution in [0.5, 0.6) is 0 Å². The third kappa shape index (κ3) is 4.22. The average molecular weight is 409 g/mol. The van der Waals surface area contributed by atoms with E-state index in [1.165, 1.54) is 0 Å². The van der Waals surface area contributed by atoms with E-state index in [1.54, 1.807) is 13.2 Å². The van der Waals surface area contributed by atoms with Crippen molar-refractivity contribution in [2.24, 2.45) is 0 Å². The number of carbonyl (C=O) groups excluding carboxylic acids is 1. The first kappa shape index (κ1) is 20.5. The van der Waals surface area contributed by atoms with Crippen LogP contribution in [0.15, 0.2) is 36.5 Å². The summed E-state index contributed by atoms with van der Waals surface area (Å²) in [5.41, 5.74) is 4.65. The molecule has 4 rings (SSSR count). The Kier molecular flexibility index (Phi) is 6.11. The molecular formula is C23H28N4O3. The first-order valence-corrected chi connectivity index (χ1v) is 10.5. The molecule has 1 fully saturated rings. The molecule has 1 aliphatic carbocycles. The van der Waals surface area contributed by atoms with Crippen molar-refractivity contribution in [3.63, 3.8) is 0 Å². The van der Waals surface area contributed by atoms with Crippen molar-refractivity contribution in [2.45, 2.75) is 50.7 Å². The molecule has 30 heavy (non-hydrogen) atoms. The van der Waals surface area contributed by atoms with Gasteiger partial charge in [0, 0.05) is 35.9 Å². The van der Waals surface area contributed by atoms with Gasteiger partial charge in [-0.2, -0.15) is 0 Å². The van der Waals surface area contributed by atoms with E-state index in [-0.39, 0.29) is 12.1 Å². The lowest BCUT2D eigenvalue weighted by molar-refractivity contribution is 0.112. The molecule has 0 aliphatic heterocycles.